The molecule has 0 aliphatic carbocycles. The zero-order valence-electron chi connectivity index (χ0n) is 12.8. The van der Waals surface area contributed by atoms with E-state index >= 15 is 0 Å². The number of anilines is 1. The van der Waals surface area contributed by atoms with Crippen LogP contribution in [0, 0.1) is 0 Å². The van der Waals surface area contributed by atoms with Gasteiger partial charge in [-0.15, -0.1) is 0 Å². The Bertz CT molecular complexity index is 838. The van der Waals surface area contributed by atoms with Crippen molar-refractivity contribution in [1.82, 2.24) is 4.98 Å². The Kier molecular flexibility index (Phi) is 5.08. The first-order valence-electron chi connectivity index (χ1n) is 7.40. The summed E-state index contributed by atoms with van der Waals surface area (Å²) in [4.78, 5) is 16.2. The fraction of sp³-hybridized carbons (Fsp3) is 0.0526. The Morgan fingerprint density at radius 2 is 1.96 bits per heavy atom. The molecule has 3 rings (SSSR count). The molecule has 1 heterocycles. The van der Waals surface area contributed by atoms with Crippen LogP contribution in [-0.4, -0.2) is 10.9 Å². The number of hydrogen-bond donors (Lipinski definition) is 1. The van der Waals surface area contributed by atoms with Crippen LogP contribution in [0.2, 0.25) is 5.02 Å². The quantitative estimate of drug-likeness (QED) is 0.741. The number of amides is 1. The van der Waals surface area contributed by atoms with Crippen molar-refractivity contribution < 1.29 is 9.53 Å². The predicted molar refractivity (Wildman–Crippen MR) is 94.4 cm³/mol. The van der Waals surface area contributed by atoms with Gasteiger partial charge in [-0.1, -0.05) is 35.9 Å². The van der Waals surface area contributed by atoms with Crippen molar-refractivity contribution in [3.8, 4) is 5.75 Å². The summed E-state index contributed by atoms with van der Waals surface area (Å²) in [6.07, 6.45) is 3.24. The summed E-state index contributed by atoms with van der Waals surface area (Å²) < 4.78 is 5.74. The van der Waals surface area contributed by atoms with E-state index < -0.39 is 0 Å². The van der Waals surface area contributed by atoms with E-state index in [1.165, 1.54) is 0 Å². The summed E-state index contributed by atoms with van der Waals surface area (Å²) in [5.41, 5.74) is 2.05. The average molecular weight is 339 g/mol. The number of rotatable bonds is 5. The van der Waals surface area contributed by atoms with Crippen LogP contribution >= 0.6 is 11.6 Å². The lowest BCUT2D eigenvalue weighted by atomic mass is 10.2. The lowest BCUT2D eigenvalue weighted by molar-refractivity contribution is 0.102. The molecular weight excluding hydrogens is 324 g/mol. The predicted octanol–water partition coefficient (Wildman–Crippen LogP) is 4.57. The Morgan fingerprint density at radius 3 is 2.75 bits per heavy atom. The minimum atomic E-state index is -0.216. The molecule has 1 aromatic heterocycles. The number of nitrogens with zero attached hydrogens (tertiary/aromatic N) is 1. The molecule has 4 nitrogen and oxygen atoms in total. The fourth-order valence-electron chi connectivity index (χ4n) is 2.14. The Balaban J connectivity index is 1.68. The lowest BCUT2D eigenvalue weighted by Gasteiger charge is -2.09. The summed E-state index contributed by atoms with van der Waals surface area (Å²) in [5.74, 6) is 0.389. The highest BCUT2D eigenvalue weighted by Gasteiger charge is 2.08. The van der Waals surface area contributed by atoms with Gasteiger partial charge in [0.2, 0.25) is 0 Å². The molecule has 0 saturated carbocycles. The van der Waals surface area contributed by atoms with Gasteiger partial charge in [-0.3, -0.25) is 9.78 Å². The smallest absolute Gasteiger partial charge is 0.255 e. The van der Waals surface area contributed by atoms with Gasteiger partial charge >= 0.3 is 0 Å². The molecule has 3 aromatic rings. The van der Waals surface area contributed by atoms with Crippen molar-refractivity contribution in [1.29, 1.82) is 0 Å². The number of carbonyl (C=O) groups excluding carboxylic acids is 1. The molecule has 0 radical (unpaired) electrons. The summed E-state index contributed by atoms with van der Waals surface area (Å²) >= 11 is 6.11. The van der Waals surface area contributed by atoms with Gasteiger partial charge in [0.15, 0.2) is 0 Å². The van der Waals surface area contributed by atoms with Crippen LogP contribution < -0.4 is 10.1 Å². The number of nitrogens with one attached hydrogen (secondary N) is 1. The second kappa shape index (κ2) is 7.62. The van der Waals surface area contributed by atoms with Crippen molar-refractivity contribution in [3.05, 3.63) is 89.2 Å². The van der Waals surface area contributed by atoms with Crippen LogP contribution in [0.5, 0.6) is 5.75 Å². The third-order valence-electron chi connectivity index (χ3n) is 3.37. The van der Waals surface area contributed by atoms with E-state index in [-0.39, 0.29) is 5.91 Å². The second-order valence-corrected chi connectivity index (χ2v) is 5.51. The summed E-state index contributed by atoms with van der Waals surface area (Å²) in [6.45, 7) is 0.341. The Labute approximate surface area is 145 Å². The van der Waals surface area contributed by atoms with Gasteiger partial charge in [0, 0.05) is 22.3 Å². The second-order valence-electron chi connectivity index (χ2n) is 5.10. The highest BCUT2D eigenvalue weighted by atomic mass is 35.5. The van der Waals surface area contributed by atoms with Crippen molar-refractivity contribution in [2.45, 2.75) is 6.61 Å². The van der Waals surface area contributed by atoms with Gasteiger partial charge in [0.25, 0.3) is 5.91 Å². The molecule has 2 aromatic carbocycles. The summed E-state index contributed by atoms with van der Waals surface area (Å²) in [5, 5.41) is 3.45. The number of benzene rings is 2. The average Bonchev–Trinajstić information content (AvgIpc) is 2.62. The highest BCUT2D eigenvalue weighted by Crippen LogP contribution is 2.20. The van der Waals surface area contributed by atoms with Crippen molar-refractivity contribution >= 4 is 23.2 Å². The summed E-state index contributed by atoms with van der Waals surface area (Å²) in [6, 6.07) is 18.0. The van der Waals surface area contributed by atoms with Gasteiger partial charge in [-0.25, -0.2) is 0 Å². The molecule has 120 valence electrons. The molecule has 0 unspecified atom stereocenters. The number of halogens is 1. The van der Waals surface area contributed by atoms with Crippen molar-refractivity contribution in [2.24, 2.45) is 0 Å². The lowest BCUT2D eigenvalue weighted by Crippen LogP contribution is -2.12. The molecule has 0 aliphatic rings. The maximum atomic E-state index is 12.3. The number of carbonyl (C=O) groups is 1. The zero-order valence-corrected chi connectivity index (χ0v) is 13.5. The molecule has 0 fully saturated rings. The largest absolute Gasteiger partial charge is 0.489 e. The molecule has 24 heavy (non-hydrogen) atoms. The topological polar surface area (TPSA) is 51.2 Å². The van der Waals surface area contributed by atoms with Crippen LogP contribution in [0.25, 0.3) is 0 Å². The molecule has 5 heteroatoms. The first kappa shape index (κ1) is 16.0. The molecule has 0 saturated heterocycles. The van der Waals surface area contributed by atoms with Gasteiger partial charge in [0.1, 0.15) is 12.4 Å². The standard InChI is InChI=1S/C19H15ClN2O2/c20-18-9-2-1-5-15(18)13-24-17-8-3-6-14(11-17)19(23)22-16-7-4-10-21-12-16/h1-12H,13H2,(H,22,23). The number of aromatic nitrogens is 1. The monoisotopic (exact) mass is 338 g/mol. The van der Waals surface area contributed by atoms with E-state index in [1.807, 2.05) is 24.3 Å². The molecule has 0 atom stereocenters. The van der Waals surface area contributed by atoms with Crippen LogP contribution in [0.1, 0.15) is 15.9 Å². The van der Waals surface area contributed by atoms with Crippen molar-refractivity contribution in [3.63, 3.8) is 0 Å². The number of ether oxygens (including phenoxy) is 1. The SMILES string of the molecule is O=C(Nc1cccnc1)c1cccc(OCc2ccccc2Cl)c1. The number of pyridine rings is 1. The van der Waals surface area contributed by atoms with E-state index in [1.54, 1.807) is 48.8 Å². The first-order chi connectivity index (χ1) is 11.7. The fourth-order valence-corrected chi connectivity index (χ4v) is 2.33. The molecule has 0 spiro atoms. The van der Waals surface area contributed by atoms with E-state index in [9.17, 15) is 4.79 Å². The Hall–Kier alpha value is -2.85. The van der Waals surface area contributed by atoms with Crippen molar-refractivity contribution in [2.75, 3.05) is 5.32 Å². The number of hydrogen-bond acceptors (Lipinski definition) is 3. The third-order valence-corrected chi connectivity index (χ3v) is 3.74. The van der Waals surface area contributed by atoms with Crippen LogP contribution in [0.3, 0.4) is 0 Å². The maximum absolute atomic E-state index is 12.3. The molecule has 1 amide bonds. The van der Waals surface area contributed by atoms with Gasteiger partial charge in [-0.2, -0.15) is 0 Å². The first-order valence-corrected chi connectivity index (χ1v) is 7.78. The minimum absolute atomic E-state index is 0.216. The summed E-state index contributed by atoms with van der Waals surface area (Å²) in [7, 11) is 0. The normalized spacial score (nSPS) is 10.2. The molecule has 0 aliphatic heterocycles. The minimum Gasteiger partial charge on any atom is -0.489 e. The molecular formula is C19H15ClN2O2. The van der Waals surface area contributed by atoms with E-state index in [0.29, 0.717) is 28.6 Å². The highest BCUT2D eigenvalue weighted by molar-refractivity contribution is 6.31. The van der Waals surface area contributed by atoms with Crippen LogP contribution in [-0.2, 0) is 6.61 Å². The molecule has 0 bridgehead atoms. The zero-order chi connectivity index (χ0) is 16.8. The molecule has 1 N–H and O–H groups in total. The van der Waals surface area contributed by atoms with E-state index in [0.717, 1.165) is 5.56 Å². The Morgan fingerprint density at radius 1 is 1.08 bits per heavy atom. The maximum Gasteiger partial charge on any atom is 0.255 e. The van der Waals surface area contributed by atoms with Crippen LogP contribution in [0.15, 0.2) is 73.1 Å². The van der Waals surface area contributed by atoms with Crippen LogP contribution in [0.4, 0.5) is 5.69 Å². The van der Waals surface area contributed by atoms with E-state index in [2.05, 4.69) is 10.3 Å². The van der Waals surface area contributed by atoms with Gasteiger partial charge < -0.3 is 10.1 Å². The van der Waals surface area contributed by atoms with Gasteiger partial charge in [0.05, 0.1) is 11.9 Å². The van der Waals surface area contributed by atoms with Gasteiger partial charge in [-0.05, 0) is 36.4 Å². The third kappa shape index (κ3) is 4.12. The van der Waals surface area contributed by atoms with E-state index in [4.69, 9.17) is 16.3 Å².